The topological polar surface area (TPSA) is 26.0 Å². The summed E-state index contributed by atoms with van der Waals surface area (Å²) < 4.78 is 0. The van der Waals surface area contributed by atoms with Gasteiger partial charge in [-0.15, -0.1) is 0 Å². The largest absolute Gasteiger partial charge is 0.321 e. The molecule has 0 spiro atoms. The zero-order chi connectivity index (χ0) is 10.0. The number of rotatable bonds is 3. The van der Waals surface area contributed by atoms with Crippen molar-refractivity contribution in [1.29, 1.82) is 0 Å². The van der Waals surface area contributed by atoms with E-state index in [1.54, 1.807) is 0 Å². The maximum Gasteiger partial charge on any atom is 0.0403 e. The Kier molecular flexibility index (Phi) is 2.42. The van der Waals surface area contributed by atoms with Crippen molar-refractivity contribution >= 4 is 0 Å². The second kappa shape index (κ2) is 3.58. The zero-order valence-electron chi connectivity index (χ0n) is 8.61. The molecule has 0 fully saturated rings. The van der Waals surface area contributed by atoms with Crippen LogP contribution in [0.2, 0.25) is 0 Å². The molecule has 1 aromatic rings. The molecular weight excluding hydrogens is 170 g/mol. The molecule has 2 unspecified atom stereocenters. The van der Waals surface area contributed by atoms with Crippen molar-refractivity contribution in [2.24, 2.45) is 11.7 Å². The van der Waals surface area contributed by atoms with Gasteiger partial charge in [0.25, 0.3) is 0 Å². The lowest BCUT2D eigenvalue weighted by atomic mass is 9.74. The Hall–Kier alpha value is -1.08. The van der Waals surface area contributed by atoms with Gasteiger partial charge in [-0.05, 0) is 24.3 Å². The molecule has 0 aliphatic heterocycles. The first kappa shape index (κ1) is 9.47. The first-order chi connectivity index (χ1) is 6.71. The second-order valence-electron chi connectivity index (χ2n) is 4.31. The third kappa shape index (κ3) is 1.73. The molecule has 2 rings (SSSR count). The first-order valence-corrected chi connectivity index (χ1v) is 5.21. The molecule has 0 radical (unpaired) electrons. The van der Waals surface area contributed by atoms with Gasteiger partial charge in [-0.2, -0.15) is 0 Å². The van der Waals surface area contributed by atoms with Gasteiger partial charge in [-0.1, -0.05) is 49.4 Å². The van der Waals surface area contributed by atoms with E-state index in [2.05, 4.69) is 49.4 Å². The second-order valence-corrected chi connectivity index (χ2v) is 4.31. The molecule has 0 amide bonds. The third-order valence-corrected chi connectivity index (χ3v) is 3.20. The van der Waals surface area contributed by atoms with E-state index >= 15 is 0 Å². The molecule has 1 aliphatic rings. The highest BCUT2D eigenvalue weighted by Crippen LogP contribution is 2.30. The minimum Gasteiger partial charge on any atom is -0.321 e. The highest BCUT2D eigenvalue weighted by Gasteiger charge is 2.32. The Bertz CT molecular complexity index is 328. The summed E-state index contributed by atoms with van der Waals surface area (Å²) in [7, 11) is 0. The molecule has 1 heteroatoms. The maximum absolute atomic E-state index is 6.21. The summed E-state index contributed by atoms with van der Waals surface area (Å²) >= 11 is 0. The van der Waals surface area contributed by atoms with Gasteiger partial charge >= 0.3 is 0 Å². The van der Waals surface area contributed by atoms with Crippen LogP contribution in [-0.4, -0.2) is 5.54 Å². The molecule has 14 heavy (non-hydrogen) atoms. The summed E-state index contributed by atoms with van der Waals surface area (Å²) in [5.74, 6) is 0.523. The number of nitrogens with two attached hydrogens (primary N) is 1. The van der Waals surface area contributed by atoms with Gasteiger partial charge in [-0.3, -0.25) is 0 Å². The van der Waals surface area contributed by atoms with E-state index in [-0.39, 0.29) is 5.54 Å². The molecule has 0 aromatic heterocycles. The van der Waals surface area contributed by atoms with Gasteiger partial charge in [0.1, 0.15) is 0 Å². The van der Waals surface area contributed by atoms with Crippen LogP contribution in [0, 0.1) is 5.92 Å². The zero-order valence-corrected chi connectivity index (χ0v) is 8.61. The first-order valence-electron chi connectivity index (χ1n) is 5.21. The molecule has 0 bridgehead atoms. The lowest BCUT2D eigenvalue weighted by Crippen LogP contribution is -2.48. The minimum absolute atomic E-state index is 0.0458. The summed E-state index contributed by atoms with van der Waals surface area (Å²) in [4.78, 5) is 0. The van der Waals surface area contributed by atoms with Crippen molar-refractivity contribution in [3.63, 3.8) is 0 Å². The smallest absolute Gasteiger partial charge is 0.0403 e. The predicted molar refractivity (Wildman–Crippen MR) is 60.0 cm³/mol. The van der Waals surface area contributed by atoms with Crippen LogP contribution < -0.4 is 5.73 Å². The molecule has 0 saturated carbocycles. The van der Waals surface area contributed by atoms with E-state index < -0.39 is 0 Å². The fourth-order valence-electron chi connectivity index (χ4n) is 1.91. The Morgan fingerprint density at radius 1 is 1.36 bits per heavy atom. The van der Waals surface area contributed by atoms with Gasteiger partial charge < -0.3 is 5.73 Å². The van der Waals surface area contributed by atoms with Crippen molar-refractivity contribution in [2.75, 3.05) is 0 Å². The van der Waals surface area contributed by atoms with Gasteiger partial charge in [0, 0.05) is 5.54 Å². The quantitative estimate of drug-likeness (QED) is 0.723. The van der Waals surface area contributed by atoms with Crippen LogP contribution in [0.1, 0.15) is 18.9 Å². The van der Waals surface area contributed by atoms with Crippen LogP contribution in [0.15, 0.2) is 42.5 Å². The summed E-state index contributed by atoms with van der Waals surface area (Å²) in [5, 5.41) is 0. The number of benzene rings is 1. The van der Waals surface area contributed by atoms with Gasteiger partial charge in [0.05, 0.1) is 0 Å². The molecular formula is C13H17N. The Morgan fingerprint density at radius 2 is 2.00 bits per heavy atom. The molecule has 1 nitrogen and oxygen atoms in total. The van der Waals surface area contributed by atoms with E-state index in [0.29, 0.717) is 5.92 Å². The summed E-state index contributed by atoms with van der Waals surface area (Å²) in [6, 6.07) is 10.6. The minimum atomic E-state index is -0.0458. The van der Waals surface area contributed by atoms with Crippen LogP contribution in [-0.2, 0) is 6.42 Å². The van der Waals surface area contributed by atoms with E-state index in [4.69, 9.17) is 5.73 Å². The average molecular weight is 187 g/mol. The monoisotopic (exact) mass is 187 g/mol. The lowest BCUT2D eigenvalue weighted by Gasteiger charge is -2.37. The normalized spacial score (nSPS) is 27.0. The molecule has 2 N–H and O–H groups in total. The van der Waals surface area contributed by atoms with Crippen molar-refractivity contribution in [3.05, 3.63) is 48.0 Å². The highest BCUT2D eigenvalue weighted by atomic mass is 14.8. The summed E-state index contributed by atoms with van der Waals surface area (Å²) in [6.07, 6.45) is 6.39. The van der Waals surface area contributed by atoms with Crippen molar-refractivity contribution in [3.8, 4) is 0 Å². The molecule has 0 saturated heterocycles. The van der Waals surface area contributed by atoms with Gasteiger partial charge in [0.15, 0.2) is 0 Å². The Morgan fingerprint density at radius 3 is 2.50 bits per heavy atom. The fraction of sp³-hybridized carbons (Fsp3) is 0.385. The number of hydrogen-bond acceptors (Lipinski definition) is 1. The van der Waals surface area contributed by atoms with Crippen LogP contribution in [0.5, 0.6) is 0 Å². The van der Waals surface area contributed by atoms with Crippen molar-refractivity contribution in [2.45, 2.75) is 25.3 Å². The van der Waals surface area contributed by atoms with Gasteiger partial charge in [-0.25, -0.2) is 0 Å². The molecule has 1 aromatic carbocycles. The highest BCUT2D eigenvalue weighted by molar-refractivity contribution is 5.23. The van der Waals surface area contributed by atoms with Gasteiger partial charge in [0.2, 0.25) is 0 Å². The van der Waals surface area contributed by atoms with E-state index in [1.807, 2.05) is 0 Å². The van der Waals surface area contributed by atoms with Crippen molar-refractivity contribution < 1.29 is 0 Å². The molecule has 0 heterocycles. The van der Waals surface area contributed by atoms with E-state index in [0.717, 1.165) is 12.8 Å². The molecule has 2 atom stereocenters. The summed E-state index contributed by atoms with van der Waals surface area (Å²) in [6.45, 7) is 2.23. The van der Waals surface area contributed by atoms with E-state index in [1.165, 1.54) is 5.56 Å². The van der Waals surface area contributed by atoms with Crippen LogP contribution in [0.4, 0.5) is 0 Å². The number of hydrogen-bond donors (Lipinski definition) is 1. The maximum atomic E-state index is 6.21. The van der Waals surface area contributed by atoms with Crippen molar-refractivity contribution in [1.82, 2.24) is 0 Å². The van der Waals surface area contributed by atoms with E-state index in [9.17, 15) is 0 Å². The molecule has 1 aliphatic carbocycles. The Labute approximate surface area is 85.6 Å². The molecule has 74 valence electrons. The Balaban J connectivity index is 2.02. The van der Waals surface area contributed by atoms with Crippen LogP contribution >= 0.6 is 0 Å². The standard InChI is InChI=1S/C13H17N/c1-11(13(14)8-5-9-13)10-12-6-3-2-4-7-12/h2-8,11H,9-10,14H2,1H3. The SMILES string of the molecule is CC(Cc1ccccc1)C1(N)C=CC1. The predicted octanol–water partition coefficient (Wildman–Crippen LogP) is 2.52. The fourth-order valence-corrected chi connectivity index (χ4v) is 1.91. The average Bonchev–Trinajstić information content (AvgIpc) is 2.15. The van der Waals surface area contributed by atoms with Crippen LogP contribution in [0.25, 0.3) is 0 Å². The summed E-state index contributed by atoms with van der Waals surface area (Å²) in [5.41, 5.74) is 7.54. The lowest BCUT2D eigenvalue weighted by molar-refractivity contribution is 0.333. The third-order valence-electron chi connectivity index (χ3n) is 3.20. The van der Waals surface area contributed by atoms with Crippen LogP contribution in [0.3, 0.4) is 0 Å².